The maximum Gasteiger partial charge on any atom is 0.263 e. The van der Waals surface area contributed by atoms with Crippen molar-refractivity contribution >= 4 is 17.4 Å². The maximum absolute atomic E-state index is 12.6. The number of nitrogens with one attached hydrogen (secondary N) is 1. The molecule has 2 saturated carbocycles. The van der Waals surface area contributed by atoms with Gasteiger partial charge in [0.05, 0.1) is 18.3 Å². The Balaban J connectivity index is 1.59. The largest absolute Gasteiger partial charge is 0.342 e. The van der Waals surface area contributed by atoms with Crippen LogP contribution in [0, 0.1) is 17.2 Å². The minimum Gasteiger partial charge on any atom is -0.342 e. The quantitative estimate of drug-likeness (QED) is 0.888. The Morgan fingerprint density at radius 2 is 2.20 bits per heavy atom. The molecule has 1 N–H and O–H groups in total. The molecule has 8 heteroatoms. The lowest BCUT2D eigenvalue weighted by molar-refractivity contribution is 0.0915. The summed E-state index contributed by atoms with van der Waals surface area (Å²) in [6.07, 6.45) is 10.9. The normalized spacial score (nSPS) is 20.6. The van der Waals surface area contributed by atoms with Crippen LogP contribution in [-0.4, -0.2) is 25.3 Å². The number of nitriles is 1. The summed E-state index contributed by atoms with van der Waals surface area (Å²) >= 11 is 1.19. The van der Waals surface area contributed by atoms with E-state index in [0.29, 0.717) is 10.8 Å². The van der Waals surface area contributed by atoms with E-state index in [1.54, 1.807) is 16.9 Å². The fourth-order valence-electron chi connectivity index (χ4n) is 3.59. The number of amides is 1. The highest BCUT2D eigenvalue weighted by Crippen LogP contribution is 2.42. The molecule has 2 fully saturated rings. The lowest BCUT2D eigenvalue weighted by Gasteiger charge is -2.29. The van der Waals surface area contributed by atoms with Crippen LogP contribution in [0.25, 0.3) is 0 Å². The van der Waals surface area contributed by atoms with Gasteiger partial charge in [0.15, 0.2) is 5.54 Å². The lowest BCUT2D eigenvalue weighted by atomic mass is 9.82. The molecular weight excluding hydrogens is 336 g/mol. The zero-order chi connectivity index (χ0) is 17.3. The third-order valence-corrected chi connectivity index (χ3v) is 6.01. The fraction of sp³-hybridized carbons (Fsp3) is 0.588. The van der Waals surface area contributed by atoms with Gasteiger partial charge in [-0.25, -0.2) is 9.06 Å². The topological polar surface area (TPSA) is 96.5 Å². The molecule has 0 aromatic carbocycles. The van der Waals surface area contributed by atoms with E-state index in [4.69, 9.17) is 0 Å². The fourth-order valence-corrected chi connectivity index (χ4v) is 4.08. The molecule has 7 nitrogen and oxygen atoms in total. The Morgan fingerprint density at radius 1 is 1.40 bits per heavy atom. The molecule has 0 saturated heterocycles. The van der Waals surface area contributed by atoms with Crippen molar-refractivity contribution < 1.29 is 4.79 Å². The Kier molecular flexibility index (Phi) is 4.25. The minimum absolute atomic E-state index is 0.117. The van der Waals surface area contributed by atoms with E-state index in [1.807, 2.05) is 6.20 Å². The van der Waals surface area contributed by atoms with Gasteiger partial charge >= 0.3 is 0 Å². The third-order valence-electron chi connectivity index (χ3n) is 5.27. The van der Waals surface area contributed by atoms with Crippen molar-refractivity contribution in [3.05, 3.63) is 29.0 Å². The number of carbonyl (C=O) groups is 1. The predicted molar refractivity (Wildman–Crippen MR) is 91.7 cm³/mol. The second-order valence-electron chi connectivity index (χ2n) is 6.96. The van der Waals surface area contributed by atoms with Gasteiger partial charge < -0.3 is 5.32 Å². The zero-order valence-electron chi connectivity index (χ0n) is 13.9. The number of carbonyl (C=O) groups excluding carboxylic acids is 1. The molecule has 1 atom stereocenters. The molecule has 2 heterocycles. The van der Waals surface area contributed by atoms with Crippen LogP contribution in [0.5, 0.6) is 0 Å². The number of nitrogens with zero attached hydrogens (tertiary/aromatic N) is 5. The van der Waals surface area contributed by atoms with Crippen LogP contribution in [0.15, 0.2) is 18.5 Å². The first-order valence-electron chi connectivity index (χ1n) is 8.77. The van der Waals surface area contributed by atoms with Crippen molar-refractivity contribution in [1.29, 1.82) is 5.26 Å². The Hall–Kier alpha value is -2.27. The molecule has 4 rings (SSSR count). The first kappa shape index (κ1) is 16.2. The molecule has 0 bridgehead atoms. The summed E-state index contributed by atoms with van der Waals surface area (Å²) in [4.78, 5) is 13.2. The van der Waals surface area contributed by atoms with Gasteiger partial charge in [-0.3, -0.25) is 4.79 Å². The van der Waals surface area contributed by atoms with Crippen molar-refractivity contribution in [3.63, 3.8) is 0 Å². The van der Waals surface area contributed by atoms with Crippen LogP contribution in [0.1, 0.15) is 66.4 Å². The van der Waals surface area contributed by atoms with Gasteiger partial charge in [0, 0.05) is 6.20 Å². The van der Waals surface area contributed by atoms with Gasteiger partial charge in [0.25, 0.3) is 5.91 Å². The summed E-state index contributed by atoms with van der Waals surface area (Å²) in [6, 6.07) is 3.89. The van der Waals surface area contributed by atoms with Crippen molar-refractivity contribution in [2.24, 2.45) is 5.92 Å². The highest BCUT2D eigenvalue weighted by molar-refractivity contribution is 7.08. The van der Waals surface area contributed by atoms with Crippen molar-refractivity contribution in [2.75, 3.05) is 0 Å². The first-order chi connectivity index (χ1) is 12.2. The lowest BCUT2D eigenvalue weighted by Crippen LogP contribution is -2.34. The molecule has 130 valence electrons. The predicted octanol–water partition coefficient (Wildman–Crippen LogP) is 2.80. The van der Waals surface area contributed by atoms with E-state index in [-0.39, 0.29) is 11.9 Å². The maximum atomic E-state index is 12.6. The molecular formula is C17H20N6OS. The summed E-state index contributed by atoms with van der Waals surface area (Å²) < 4.78 is 5.68. The summed E-state index contributed by atoms with van der Waals surface area (Å²) in [5.41, 5.74) is 0.232. The smallest absolute Gasteiger partial charge is 0.263 e. The number of rotatable bonds is 5. The number of hydrogen-bond acceptors (Lipinski definition) is 6. The average molecular weight is 356 g/mol. The van der Waals surface area contributed by atoms with Gasteiger partial charge in [-0.1, -0.05) is 24.5 Å². The van der Waals surface area contributed by atoms with Crippen LogP contribution in [0.3, 0.4) is 0 Å². The van der Waals surface area contributed by atoms with E-state index in [2.05, 4.69) is 26.1 Å². The van der Waals surface area contributed by atoms with E-state index in [1.165, 1.54) is 30.8 Å². The number of hydrogen-bond donors (Lipinski definition) is 1. The van der Waals surface area contributed by atoms with Crippen molar-refractivity contribution in [2.45, 2.75) is 56.5 Å². The minimum atomic E-state index is -0.524. The zero-order valence-corrected chi connectivity index (χ0v) is 14.7. The molecule has 0 spiro atoms. The highest BCUT2D eigenvalue weighted by Gasteiger charge is 2.47. The highest BCUT2D eigenvalue weighted by atomic mass is 32.1. The monoisotopic (exact) mass is 356 g/mol. The van der Waals surface area contributed by atoms with Crippen LogP contribution in [0.2, 0.25) is 0 Å². The molecule has 25 heavy (non-hydrogen) atoms. The molecule has 2 aromatic heterocycles. The molecule has 0 aliphatic heterocycles. The standard InChI is InChI=1S/C17H20N6OS/c18-11-17(7-8-17)23-10-13(21-22-23)15(12-4-2-1-3-5-12)20-16(24)14-6-9-19-25-14/h6,9-10,12,15H,1-5,7-8H2,(H,20,24)/t15-/m1/s1. The molecule has 2 aliphatic carbocycles. The Morgan fingerprint density at radius 3 is 2.84 bits per heavy atom. The molecule has 1 amide bonds. The van der Waals surface area contributed by atoms with E-state index in [0.717, 1.165) is 31.4 Å². The van der Waals surface area contributed by atoms with Crippen LogP contribution < -0.4 is 5.32 Å². The summed E-state index contributed by atoms with van der Waals surface area (Å²) in [5.74, 6) is 0.238. The van der Waals surface area contributed by atoms with E-state index >= 15 is 0 Å². The summed E-state index contributed by atoms with van der Waals surface area (Å²) in [7, 11) is 0. The Bertz CT molecular complexity index is 782. The molecule has 0 unspecified atom stereocenters. The van der Waals surface area contributed by atoms with Gasteiger partial charge in [-0.2, -0.15) is 5.26 Å². The van der Waals surface area contributed by atoms with Crippen LogP contribution in [-0.2, 0) is 5.54 Å². The van der Waals surface area contributed by atoms with Crippen molar-refractivity contribution in [3.8, 4) is 6.07 Å². The van der Waals surface area contributed by atoms with E-state index in [9.17, 15) is 10.1 Å². The van der Waals surface area contributed by atoms with Gasteiger partial charge in [-0.15, -0.1) is 5.10 Å². The van der Waals surface area contributed by atoms with Crippen LogP contribution in [0.4, 0.5) is 0 Å². The third kappa shape index (κ3) is 3.16. The van der Waals surface area contributed by atoms with Gasteiger partial charge in [-0.05, 0) is 49.2 Å². The van der Waals surface area contributed by atoms with Gasteiger partial charge in [0.1, 0.15) is 10.6 Å². The average Bonchev–Trinajstić information content (AvgIpc) is 3.05. The second kappa shape index (κ2) is 6.56. The van der Waals surface area contributed by atoms with Crippen molar-refractivity contribution in [1.82, 2.24) is 24.7 Å². The summed E-state index contributed by atoms with van der Waals surface area (Å²) in [6.45, 7) is 0. The summed E-state index contributed by atoms with van der Waals surface area (Å²) in [5, 5.41) is 21.0. The SMILES string of the molecule is N#CC1(n2cc([C@H](NC(=O)c3ccns3)C3CCCCC3)nn2)CC1. The Labute approximate surface area is 150 Å². The number of aromatic nitrogens is 4. The van der Waals surface area contributed by atoms with Crippen LogP contribution >= 0.6 is 11.5 Å². The second-order valence-corrected chi connectivity index (χ2v) is 7.79. The molecule has 2 aliphatic rings. The van der Waals surface area contributed by atoms with Gasteiger partial charge in [0.2, 0.25) is 0 Å². The molecule has 2 aromatic rings. The molecule has 0 radical (unpaired) electrons. The van der Waals surface area contributed by atoms with E-state index < -0.39 is 5.54 Å². The first-order valence-corrected chi connectivity index (χ1v) is 9.55.